The fourth-order valence-corrected chi connectivity index (χ4v) is 3.58. The zero-order valence-electron chi connectivity index (χ0n) is 17.1. The zero-order valence-corrected chi connectivity index (χ0v) is 17.9. The van der Waals surface area contributed by atoms with E-state index in [0.717, 1.165) is 0 Å². The monoisotopic (exact) mass is 446 g/mol. The van der Waals surface area contributed by atoms with Gasteiger partial charge in [-0.25, -0.2) is 4.79 Å². The van der Waals surface area contributed by atoms with E-state index in [-0.39, 0.29) is 19.3 Å². The Balaban J connectivity index is 2.69. The minimum atomic E-state index is -1.13. The number of hydrogen-bond donors (Lipinski definition) is 5. The number of likely N-dealkylation sites (tertiary alicyclic amines) is 1. The quantitative estimate of drug-likeness (QED) is 0.251. The minimum absolute atomic E-state index is 0.0660. The van der Waals surface area contributed by atoms with Gasteiger partial charge in [-0.1, -0.05) is 0 Å². The van der Waals surface area contributed by atoms with Gasteiger partial charge < -0.3 is 31.5 Å². The van der Waals surface area contributed by atoms with Gasteiger partial charge in [-0.3, -0.25) is 19.2 Å². The number of rotatable bonds is 12. The molecule has 1 aliphatic rings. The number of aliphatic carboxylic acids is 2. The van der Waals surface area contributed by atoms with Crippen LogP contribution in [0.2, 0.25) is 0 Å². The van der Waals surface area contributed by atoms with Gasteiger partial charge in [-0.15, -0.1) is 0 Å². The van der Waals surface area contributed by atoms with Crippen LogP contribution in [0.5, 0.6) is 0 Å². The zero-order chi connectivity index (χ0) is 22.8. The summed E-state index contributed by atoms with van der Waals surface area (Å²) in [6.07, 6.45) is 2.73. The molecule has 0 bridgehead atoms. The molecular weight excluding hydrogens is 416 g/mol. The Labute approximate surface area is 179 Å². The van der Waals surface area contributed by atoms with E-state index >= 15 is 0 Å². The first-order chi connectivity index (χ1) is 14.1. The number of carbonyl (C=O) groups excluding carboxylic acids is 3. The largest absolute Gasteiger partial charge is 0.481 e. The molecule has 3 amide bonds. The molecule has 170 valence electrons. The lowest BCUT2D eigenvalue weighted by Crippen LogP contribution is -2.56. The van der Waals surface area contributed by atoms with Gasteiger partial charge in [0.15, 0.2) is 0 Å². The van der Waals surface area contributed by atoms with E-state index in [0.29, 0.717) is 25.1 Å². The lowest BCUT2D eigenvalue weighted by Gasteiger charge is -2.28. The molecule has 0 saturated carbocycles. The van der Waals surface area contributed by atoms with Crippen molar-refractivity contribution in [3.8, 4) is 0 Å². The van der Waals surface area contributed by atoms with Crippen molar-refractivity contribution in [2.24, 2.45) is 5.73 Å². The molecule has 30 heavy (non-hydrogen) atoms. The van der Waals surface area contributed by atoms with E-state index in [9.17, 15) is 29.1 Å². The number of thioether (sulfide) groups is 1. The number of nitrogens with two attached hydrogens (primary N) is 1. The van der Waals surface area contributed by atoms with Crippen LogP contribution in [-0.4, -0.2) is 87.5 Å². The lowest BCUT2D eigenvalue weighted by molar-refractivity contribution is -0.144. The summed E-state index contributed by atoms with van der Waals surface area (Å²) in [7, 11) is 0. The van der Waals surface area contributed by atoms with E-state index in [2.05, 4.69) is 10.6 Å². The van der Waals surface area contributed by atoms with Gasteiger partial charge in [-0.2, -0.15) is 11.8 Å². The Bertz CT molecular complexity index is 660. The maximum absolute atomic E-state index is 12.8. The van der Waals surface area contributed by atoms with Crippen LogP contribution in [0.4, 0.5) is 0 Å². The minimum Gasteiger partial charge on any atom is -0.481 e. The van der Waals surface area contributed by atoms with Crippen molar-refractivity contribution >= 4 is 41.4 Å². The van der Waals surface area contributed by atoms with E-state index in [4.69, 9.17) is 10.8 Å². The SMILES string of the molecule is CSCCC(NC(=O)C1CCCN1C(=O)C(C)NC(=O)C(N)CCC(=O)O)C(=O)O. The van der Waals surface area contributed by atoms with Crippen LogP contribution in [0.3, 0.4) is 0 Å². The second-order valence-corrected chi connectivity index (χ2v) is 8.13. The van der Waals surface area contributed by atoms with Crippen LogP contribution in [0.25, 0.3) is 0 Å². The number of nitrogens with one attached hydrogen (secondary N) is 2. The number of carboxylic acid groups (broad SMARTS) is 2. The Hall–Kier alpha value is -2.34. The average Bonchev–Trinajstić information content (AvgIpc) is 3.17. The smallest absolute Gasteiger partial charge is 0.326 e. The third-order valence-electron chi connectivity index (χ3n) is 4.80. The molecular formula is C18H30N4O7S. The topological polar surface area (TPSA) is 179 Å². The van der Waals surface area contributed by atoms with Crippen molar-refractivity contribution < 1.29 is 34.2 Å². The lowest BCUT2D eigenvalue weighted by atomic mass is 10.1. The van der Waals surface area contributed by atoms with Crippen LogP contribution in [0.1, 0.15) is 39.0 Å². The molecule has 1 heterocycles. The molecule has 1 rings (SSSR count). The highest BCUT2D eigenvalue weighted by atomic mass is 32.2. The molecule has 0 aromatic carbocycles. The van der Waals surface area contributed by atoms with E-state index < -0.39 is 53.8 Å². The molecule has 6 N–H and O–H groups in total. The highest BCUT2D eigenvalue weighted by Gasteiger charge is 2.37. The van der Waals surface area contributed by atoms with Gasteiger partial charge in [0.05, 0.1) is 6.04 Å². The molecule has 4 unspecified atom stereocenters. The Morgan fingerprint density at radius 3 is 2.40 bits per heavy atom. The van der Waals surface area contributed by atoms with Crippen molar-refractivity contribution in [3.05, 3.63) is 0 Å². The van der Waals surface area contributed by atoms with E-state index in [1.807, 2.05) is 6.26 Å². The summed E-state index contributed by atoms with van der Waals surface area (Å²) in [5, 5.41) is 22.9. The molecule has 4 atom stereocenters. The molecule has 0 radical (unpaired) electrons. The fourth-order valence-electron chi connectivity index (χ4n) is 3.11. The second-order valence-electron chi connectivity index (χ2n) is 7.14. The van der Waals surface area contributed by atoms with Gasteiger partial charge in [-0.05, 0) is 44.6 Å². The summed E-state index contributed by atoms with van der Waals surface area (Å²) in [4.78, 5) is 60.7. The van der Waals surface area contributed by atoms with Crippen molar-refractivity contribution in [3.63, 3.8) is 0 Å². The average molecular weight is 447 g/mol. The highest BCUT2D eigenvalue weighted by molar-refractivity contribution is 7.98. The summed E-state index contributed by atoms with van der Waals surface area (Å²) in [5.74, 6) is -3.32. The predicted molar refractivity (Wildman–Crippen MR) is 110 cm³/mol. The summed E-state index contributed by atoms with van der Waals surface area (Å²) in [6, 6.07) is -3.88. The molecule has 0 aliphatic carbocycles. The fraction of sp³-hybridized carbons (Fsp3) is 0.722. The molecule has 1 fully saturated rings. The number of nitrogens with zero attached hydrogens (tertiary/aromatic N) is 1. The summed E-state index contributed by atoms with van der Waals surface area (Å²) in [6.45, 7) is 1.76. The summed E-state index contributed by atoms with van der Waals surface area (Å²) >= 11 is 1.47. The van der Waals surface area contributed by atoms with Crippen molar-refractivity contribution in [2.45, 2.75) is 63.2 Å². The second kappa shape index (κ2) is 12.4. The van der Waals surface area contributed by atoms with Gasteiger partial charge in [0, 0.05) is 13.0 Å². The molecule has 0 aromatic rings. The first-order valence-electron chi connectivity index (χ1n) is 9.68. The summed E-state index contributed by atoms with van der Waals surface area (Å²) in [5.41, 5.74) is 5.64. The van der Waals surface area contributed by atoms with Crippen molar-refractivity contribution in [1.29, 1.82) is 0 Å². The van der Waals surface area contributed by atoms with Crippen LogP contribution < -0.4 is 16.4 Å². The highest BCUT2D eigenvalue weighted by Crippen LogP contribution is 2.19. The molecule has 1 saturated heterocycles. The number of carbonyl (C=O) groups is 5. The third-order valence-corrected chi connectivity index (χ3v) is 5.44. The molecule has 0 aromatic heterocycles. The van der Waals surface area contributed by atoms with Gasteiger partial charge in [0.25, 0.3) is 0 Å². The van der Waals surface area contributed by atoms with Crippen LogP contribution in [0, 0.1) is 0 Å². The Morgan fingerprint density at radius 2 is 1.83 bits per heavy atom. The standard InChI is InChI=1S/C18H30N4O7S/c1-10(20-15(25)11(19)5-6-14(23)24)17(27)22-8-3-4-13(22)16(26)21-12(18(28)29)7-9-30-2/h10-13H,3-9,19H2,1-2H3,(H,20,25)(H,21,26)(H,23,24)(H,28,29). The first-order valence-corrected chi connectivity index (χ1v) is 11.1. The van der Waals surface area contributed by atoms with Gasteiger partial charge in [0.2, 0.25) is 17.7 Å². The van der Waals surface area contributed by atoms with Crippen LogP contribution >= 0.6 is 11.8 Å². The Morgan fingerprint density at radius 1 is 1.17 bits per heavy atom. The maximum Gasteiger partial charge on any atom is 0.326 e. The molecule has 1 aliphatic heterocycles. The number of amides is 3. The maximum atomic E-state index is 12.8. The number of hydrogen-bond acceptors (Lipinski definition) is 7. The van der Waals surface area contributed by atoms with Gasteiger partial charge >= 0.3 is 11.9 Å². The first kappa shape index (κ1) is 25.7. The van der Waals surface area contributed by atoms with Crippen LogP contribution in [0.15, 0.2) is 0 Å². The summed E-state index contributed by atoms with van der Waals surface area (Å²) < 4.78 is 0. The van der Waals surface area contributed by atoms with E-state index in [1.54, 1.807) is 0 Å². The normalized spacial score (nSPS) is 18.9. The van der Waals surface area contributed by atoms with E-state index in [1.165, 1.54) is 23.6 Å². The van der Waals surface area contributed by atoms with Crippen molar-refractivity contribution in [2.75, 3.05) is 18.6 Å². The van der Waals surface area contributed by atoms with Gasteiger partial charge in [0.1, 0.15) is 18.1 Å². The molecule has 11 nitrogen and oxygen atoms in total. The Kier molecular flexibility index (Phi) is 10.6. The van der Waals surface area contributed by atoms with Crippen LogP contribution in [-0.2, 0) is 24.0 Å². The molecule has 0 spiro atoms. The number of carboxylic acids is 2. The predicted octanol–water partition coefficient (Wildman–Crippen LogP) is -1.00. The third kappa shape index (κ3) is 7.82. The van der Waals surface area contributed by atoms with Crippen molar-refractivity contribution in [1.82, 2.24) is 15.5 Å². The molecule has 12 heteroatoms.